The van der Waals surface area contributed by atoms with E-state index < -0.39 is 0 Å². The fraction of sp³-hybridized carbons (Fsp3) is 0.500. The van der Waals surface area contributed by atoms with Crippen molar-refractivity contribution in [2.75, 3.05) is 5.88 Å². The Morgan fingerprint density at radius 2 is 1.86 bits per heavy atom. The number of hydrogen-bond acceptors (Lipinski definition) is 1. The molecule has 0 unspecified atom stereocenters. The molecular weight excluding hydrogens is 194 g/mol. The zero-order valence-corrected chi connectivity index (χ0v) is 9.64. The van der Waals surface area contributed by atoms with Gasteiger partial charge in [0.25, 0.3) is 0 Å². The van der Waals surface area contributed by atoms with Gasteiger partial charge < -0.3 is 5.32 Å². The molecule has 0 amide bonds. The van der Waals surface area contributed by atoms with Crippen LogP contribution in [0.3, 0.4) is 0 Å². The molecule has 2 heteroatoms. The minimum atomic E-state index is 0.123. The Hall–Kier alpha value is -0.530. The Balaban J connectivity index is 2.40. The van der Waals surface area contributed by atoms with Gasteiger partial charge in [-0.15, -0.1) is 11.6 Å². The van der Waals surface area contributed by atoms with Crippen LogP contribution >= 0.6 is 11.6 Å². The molecule has 1 aromatic rings. The minimum absolute atomic E-state index is 0.123. The third-order valence-electron chi connectivity index (χ3n) is 2.33. The van der Waals surface area contributed by atoms with Crippen LogP contribution in [0.4, 0.5) is 0 Å². The monoisotopic (exact) mass is 211 g/mol. The predicted octanol–water partition coefficient (Wildman–Crippen LogP) is 3.18. The first kappa shape index (κ1) is 11.5. The van der Waals surface area contributed by atoms with Crippen LogP contribution in [-0.2, 0) is 6.54 Å². The van der Waals surface area contributed by atoms with Crippen molar-refractivity contribution in [2.45, 2.75) is 32.4 Å². The fourth-order valence-corrected chi connectivity index (χ4v) is 1.73. The largest absolute Gasteiger partial charge is 0.308 e. The lowest BCUT2D eigenvalue weighted by molar-refractivity contribution is 0.376. The third-order valence-corrected chi connectivity index (χ3v) is 2.52. The molecule has 0 atom stereocenters. The van der Waals surface area contributed by atoms with E-state index in [2.05, 4.69) is 43.4 Å². The molecule has 0 aliphatic carbocycles. The molecule has 1 N–H and O–H groups in total. The molecule has 1 nitrogen and oxygen atoms in total. The summed E-state index contributed by atoms with van der Waals surface area (Å²) >= 11 is 5.73. The van der Waals surface area contributed by atoms with Gasteiger partial charge in [-0.2, -0.15) is 0 Å². The van der Waals surface area contributed by atoms with Crippen LogP contribution in [0.5, 0.6) is 0 Å². The first-order valence-corrected chi connectivity index (χ1v) is 5.52. The van der Waals surface area contributed by atoms with Crippen molar-refractivity contribution in [3.63, 3.8) is 0 Å². The number of nitrogens with one attached hydrogen (secondary N) is 1. The van der Waals surface area contributed by atoms with Crippen molar-refractivity contribution >= 4 is 11.6 Å². The normalized spacial score (nSPS) is 11.6. The van der Waals surface area contributed by atoms with Crippen LogP contribution < -0.4 is 5.32 Å². The zero-order valence-electron chi connectivity index (χ0n) is 8.89. The summed E-state index contributed by atoms with van der Waals surface area (Å²) < 4.78 is 0. The van der Waals surface area contributed by atoms with Gasteiger partial charge in [-0.1, -0.05) is 30.3 Å². The van der Waals surface area contributed by atoms with E-state index >= 15 is 0 Å². The van der Waals surface area contributed by atoms with Crippen LogP contribution in [0.1, 0.15) is 25.8 Å². The summed E-state index contributed by atoms with van der Waals surface area (Å²) in [5, 5.41) is 3.49. The van der Waals surface area contributed by atoms with E-state index in [1.165, 1.54) is 5.56 Å². The van der Waals surface area contributed by atoms with Crippen LogP contribution in [0.2, 0.25) is 0 Å². The van der Waals surface area contributed by atoms with Crippen molar-refractivity contribution in [2.24, 2.45) is 0 Å². The Bertz CT molecular complexity index is 256. The number of alkyl halides is 1. The molecule has 0 saturated carbocycles. The topological polar surface area (TPSA) is 12.0 Å². The number of hydrogen-bond donors (Lipinski definition) is 1. The van der Waals surface area contributed by atoms with Gasteiger partial charge in [0, 0.05) is 18.0 Å². The molecule has 0 fully saturated rings. The van der Waals surface area contributed by atoms with Crippen molar-refractivity contribution in [3.05, 3.63) is 35.9 Å². The summed E-state index contributed by atoms with van der Waals surface area (Å²) in [5.41, 5.74) is 1.44. The number of halogens is 1. The third kappa shape index (κ3) is 4.12. The molecular formula is C12H18ClN. The van der Waals surface area contributed by atoms with Crippen molar-refractivity contribution in [3.8, 4) is 0 Å². The minimum Gasteiger partial charge on any atom is -0.308 e. The summed E-state index contributed by atoms with van der Waals surface area (Å²) in [6.45, 7) is 5.27. The predicted molar refractivity (Wildman–Crippen MR) is 62.7 cm³/mol. The molecule has 0 aliphatic rings. The molecule has 0 heterocycles. The second-order valence-corrected chi connectivity index (χ2v) is 4.54. The highest BCUT2D eigenvalue weighted by Crippen LogP contribution is 2.10. The van der Waals surface area contributed by atoms with E-state index in [1.54, 1.807) is 0 Å². The Labute approximate surface area is 91.5 Å². The first-order valence-electron chi connectivity index (χ1n) is 4.99. The summed E-state index contributed by atoms with van der Waals surface area (Å²) in [4.78, 5) is 0. The zero-order chi connectivity index (χ0) is 10.4. The van der Waals surface area contributed by atoms with Gasteiger partial charge in [-0.25, -0.2) is 0 Å². The average molecular weight is 212 g/mol. The molecule has 0 bridgehead atoms. The van der Waals surface area contributed by atoms with Gasteiger partial charge in [0.05, 0.1) is 0 Å². The number of rotatable bonds is 5. The van der Waals surface area contributed by atoms with E-state index in [4.69, 9.17) is 11.6 Å². The van der Waals surface area contributed by atoms with Crippen LogP contribution in [0, 0.1) is 0 Å². The van der Waals surface area contributed by atoms with Crippen molar-refractivity contribution in [1.82, 2.24) is 5.32 Å². The molecule has 0 aliphatic heterocycles. The van der Waals surface area contributed by atoms with Gasteiger partial charge >= 0.3 is 0 Å². The smallest absolute Gasteiger partial charge is 0.0240 e. The molecule has 78 valence electrons. The van der Waals surface area contributed by atoms with Crippen LogP contribution in [0.15, 0.2) is 30.3 Å². The molecule has 1 rings (SSSR count). The fourth-order valence-electron chi connectivity index (χ4n) is 1.26. The van der Waals surface area contributed by atoms with Crippen LogP contribution in [-0.4, -0.2) is 11.4 Å². The molecule has 0 saturated heterocycles. The maximum Gasteiger partial charge on any atom is 0.0240 e. The molecule has 14 heavy (non-hydrogen) atoms. The highest BCUT2D eigenvalue weighted by molar-refractivity contribution is 6.17. The van der Waals surface area contributed by atoms with E-state index in [-0.39, 0.29) is 5.54 Å². The Morgan fingerprint density at radius 3 is 2.43 bits per heavy atom. The lowest BCUT2D eigenvalue weighted by Crippen LogP contribution is -2.38. The maximum atomic E-state index is 5.73. The molecule has 0 spiro atoms. The summed E-state index contributed by atoms with van der Waals surface area (Å²) in [6.07, 6.45) is 0.987. The van der Waals surface area contributed by atoms with E-state index in [1.807, 2.05) is 6.07 Å². The average Bonchev–Trinajstić information content (AvgIpc) is 2.17. The Morgan fingerprint density at radius 1 is 1.21 bits per heavy atom. The van der Waals surface area contributed by atoms with Crippen molar-refractivity contribution < 1.29 is 0 Å². The van der Waals surface area contributed by atoms with Gasteiger partial charge in [-0.05, 0) is 25.8 Å². The summed E-state index contributed by atoms with van der Waals surface area (Å²) in [5.74, 6) is 0.703. The van der Waals surface area contributed by atoms with Gasteiger partial charge in [0.2, 0.25) is 0 Å². The van der Waals surface area contributed by atoms with Gasteiger partial charge in [-0.3, -0.25) is 0 Å². The SMILES string of the molecule is CC(C)(CCCl)NCc1ccccc1. The van der Waals surface area contributed by atoms with E-state index in [9.17, 15) is 0 Å². The summed E-state index contributed by atoms with van der Waals surface area (Å²) in [7, 11) is 0. The second kappa shape index (κ2) is 5.38. The van der Waals surface area contributed by atoms with E-state index in [0.29, 0.717) is 5.88 Å². The Kier molecular flexibility index (Phi) is 4.43. The number of benzene rings is 1. The highest BCUT2D eigenvalue weighted by atomic mass is 35.5. The van der Waals surface area contributed by atoms with Gasteiger partial charge in [0.1, 0.15) is 0 Å². The highest BCUT2D eigenvalue weighted by Gasteiger charge is 2.15. The lowest BCUT2D eigenvalue weighted by atomic mass is 10.0. The maximum absolute atomic E-state index is 5.73. The van der Waals surface area contributed by atoms with E-state index in [0.717, 1.165) is 13.0 Å². The first-order chi connectivity index (χ1) is 6.64. The molecule has 0 radical (unpaired) electrons. The standard InChI is InChI=1S/C12H18ClN/c1-12(2,8-9-13)14-10-11-6-4-3-5-7-11/h3-7,14H,8-10H2,1-2H3. The molecule has 1 aromatic carbocycles. The second-order valence-electron chi connectivity index (χ2n) is 4.16. The van der Waals surface area contributed by atoms with Crippen LogP contribution in [0.25, 0.3) is 0 Å². The summed E-state index contributed by atoms with van der Waals surface area (Å²) in [6, 6.07) is 10.4. The van der Waals surface area contributed by atoms with Crippen molar-refractivity contribution in [1.29, 1.82) is 0 Å². The molecule has 0 aromatic heterocycles. The van der Waals surface area contributed by atoms with Gasteiger partial charge in [0.15, 0.2) is 0 Å². The quantitative estimate of drug-likeness (QED) is 0.738. The lowest BCUT2D eigenvalue weighted by Gasteiger charge is -2.25.